The van der Waals surface area contributed by atoms with Crippen molar-refractivity contribution in [1.29, 1.82) is 0 Å². The van der Waals surface area contributed by atoms with Gasteiger partial charge in [-0.1, -0.05) is 0 Å². The standard InChI is InChI=1S/Ca.Mg.H3OP.4H/c;;1-2;;;;/h;;1H,2H2;;;;. The molecule has 0 aromatic rings. The van der Waals surface area contributed by atoms with E-state index in [0.29, 0.717) is 0 Å². The minimum Gasteiger partial charge on any atom is 0.316 e. The smallest absolute Gasteiger partial charge is 0.316 e. The van der Waals surface area contributed by atoms with E-state index in [1.54, 1.807) is 0 Å². The Kier molecular flexibility index (Phi) is 73.0. The second-order valence-electron chi connectivity index (χ2n) is 0. The molecule has 0 aliphatic carbocycles. The summed E-state index contributed by atoms with van der Waals surface area (Å²) in [5.74, 6) is 0. The Morgan fingerprint density at radius 3 is 1.25 bits per heavy atom. The quantitative estimate of drug-likeness (QED) is 0.286. The van der Waals surface area contributed by atoms with Crippen LogP contribution in [0.2, 0.25) is 0 Å². The fourth-order valence-corrected chi connectivity index (χ4v) is 0. The van der Waals surface area contributed by atoms with E-state index < -0.39 is 0 Å². The summed E-state index contributed by atoms with van der Waals surface area (Å²) in [6.45, 7) is 0. The average molecular weight is 118 g/mol. The molecular formula is H7CaMgOP. The summed E-state index contributed by atoms with van der Waals surface area (Å²) < 4.78 is 0. The summed E-state index contributed by atoms with van der Waals surface area (Å²) in [5, 5.41) is 0. The fraction of sp³-hybridized carbons (Fsp3) is 0. The normalized spacial score (nSPS) is 1.50. The molecule has 0 heterocycles. The Labute approximate surface area is 74.0 Å². The zero-order valence-corrected chi connectivity index (χ0v) is 2.18. The minimum absolute atomic E-state index is 0. The Bertz CT molecular complexity index is 8.00. The van der Waals surface area contributed by atoms with Gasteiger partial charge in [0.05, 0.1) is 0 Å². The summed E-state index contributed by atoms with van der Waals surface area (Å²) >= 11 is 0. The third-order valence-corrected chi connectivity index (χ3v) is 0. The average Bonchev–Trinajstić information content (AvgIpc) is 1.00. The van der Waals surface area contributed by atoms with E-state index >= 15 is 0 Å². The number of hydrogen-bond donors (Lipinski definition) is 1. The SMILES string of the molecule is OP.[CaH2].[MgH2]. The van der Waals surface area contributed by atoms with Gasteiger partial charge in [0.15, 0.2) is 0 Å². The van der Waals surface area contributed by atoms with Gasteiger partial charge >= 0.3 is 60.8 Å². The van der Waals surface area contributed by atoms with Gasteiger partial charge in [0, 0.05) is 0 Å². The van der Waals surface area contributed by atoms with Crippen LogP contribution in [0.3, 0.4) is 0 Å². The van der Waals surface area contributed by atoms with Gasteiger partial charge in [-0.3, -0.25) is 0 Å². The molecule has 0 aliphatic rings. The summed E-state index contributed by atoms with van der Waals surface area (Å²) in [7, 11) is 1.42. The van der Waals surface area contributed by atoms with Crippen LogP contribution in [0.15, 0.2) is 0 Å². The molecule has 0 aromatic heterocycles. The molecule has 0 amide bonds. The van der Waals surface area contributed by atoms with Crippen LogP contribution < -0.4 is 0 Å². The van der Waals surface area contributed by atoms with Crippen LogP contribution >= 0.6 is 9.47 Å². The van der Waals surface area contributed by atoms with Crippen molar-refractivity contribution < 1.29 is 4.89 Å². The Morgan fingerprint density at radius 2 is 1.25 bits per heavy atom. The first-order valence-corrected chi connectivity index (χ1v) is 0.775. The summed E-state index contributed by atoms with van der Waals surface area (Å²) in [6.07, 6.45) is 0. The predicted molar refractivity (Wildman–Crippen MR) is 29.0 cm³/mol. The molecule has 0 rings (SSSR count). The van der Waals surface area contributed by atoms with Crippen LogP contribution in [0.4, 0.5) is 0 Å². The van der Waals surface area contributed by atoms with E-state index in [1.807, 2.05) is 0 Å². The first kappa shape index (κ1) is 16.1. The van der Waals surface area contributed by atoms with Crippen molar-refractivity contribution >= 4 is 70.3 Å². The van der Waals surface area contributed by atoms with E-state index in [4.69, 9.17) is 4.89 Å². The van der Waals surface area contributed by atoms with Crippen LogP contribution in [-0.2, 0) is 0 Å². The van der Waals surface area contributed by atoms with E-state index in [2.05, 4.69) is 0 Å². The first-order valence-electron chi connectivity index (χ1n) is 0.258. The van der Waals surface area contributed by atoms with Crippen LogP contribution in [0.25, 0.3) is 0 Å². The first-order chi connectivity index (χ1) is 1.00. The molecule has 4 heteroatoms. The van der Waals surface area contributed by atoms with Gasteiger partial charge in [-0.05, 0) is 9.47 Å². The molecule has 0 bridgehead atoms. The molecule has 0 fully saturated rings. The Morgan fingerprint density at radius 1 is 1.25 bits per heavy atom. The van der Waals surface area contributed by atoms with Crippen LogP contribution in [0.5, 0.6) is 0 Å². The van der Waals surface area contributed by atoms with Crippen LogP contribution in [-0.4, -0.2) is 65.7 Å². The summed E-state index contributed by atoms with van der Waals surface area (Å²) in [6, 6.07) is 0. The van der Waals surface area contributed by atoms with Crippen LogP contribution in [0.1, 0.15) is 0 Å². The number of rotatable bonds is 0. The van der Waals surface area contributed by atoms with Crippen molar-refractivity contribution in [2.75, 3.05) is 0 Å². The molecule has 0 spiro atoms. The number of hydrogen-bond acceptors (Lipinski definition) is 1. The van der Waals surface area contributed by atoms with Crippen LogP contribution in [0, 0.1) is 0 Å². The molecule has 1 N–H and O–H groups in total. The summed E-state index contributed by atoms with van der Waals surface area (Å²) in [5.41, 5.74) is 0. The Balaban J connectivity index is -0.00000000500. The molecule has 0 saturated heterocycles. The van der Waals surface area contributed by atoms with Gasteiger partial charge in [-0.15, -0.1) is 0 Å². The maximum atomic E-state index is 6.92. The topological polar surface area (TPSA) is 20.2 Å². The van der Waals surface area contributed by atoms with Gasteiger partial charge in [-0.25, -0.2) is 0 Å². The van der Waals surface area contributed by atoms with E-state index in [-0.39, 0.29) is 60.8 Å². The van der Waals surface area contributed by atoms with Gasteiger partial charge in [0.1, 0.15) is 0 Å². The molecule has 0 radical (unpaired) electrons. The van der Waals surface area contributed by atoms with E-state index in [0.717, 1.165) is 0 Å². The van der Waals surface area contributed by atoms with Crippen molar-refractivity contribution in [3.63, 3.8) is 0 Å². The van der Waals surface area contributed by atoms with Crippen molar-refractivity contribution in [2.45, 2.75) is 0 Å². The van der Waals surface area contributed by atoms with Crippen molar-refractivity contribution in [3.05, 3.63) is 0 Å². The van der Waals surface area contributed by atoms with Gasteiger partial charge in [0.2, 0.25) is 0 Å². The van der Waals surface area contributed by atoms with Gasteiger partial charge in [0.25, 0.3) is 0 Å². The third-order valence-electron chi connectivity index (χ3n) is 0. The van der Waals surface area contributed by atoms with E-state index in [1.165, 1.54) is 9.47 Å². The third kappa shape index (κ3) is 8.83. The minimum atomic E-state index is 0. The fourth-order valence-electron chi connectivity index (χ4n) is 0. The largest absolute Gasteiger partial charge is 0.316 e. The zero-order valence-electron chi connectivity index (χ0n) is 1.02. The van der Waals surface area contributed by atoms with Crippen molar-refractivity contribution in [2.24, 2.45) is 0 Å². The molecule has 0 aromatic carbocycles. The Hall–Kier alpha value is 2.42. The maximum Gasteiger partial charge on any atom is 0.316 e. The van der Waals surface area contributed by atoms with Gasteiger partial charge in [-0.2, -0.15) is 0 Å². The second kappa shape index (κ2) is 18.1. The van der Waals surface area contributed by atoms with Gasteiger partial charge < -0.3 is 4.89 Å². The molecule has 1 atom stereocenters. The molecule has 4 heavy (non-hydrogen) atoms. The predicted octanol–water partition coefficient (Wildman–Crippen LogP) is -2.06. The van der Waals surface area contributed by atoms with Crippen molar-refractivity contribution in [1.82, 2.24) is 0 Å². The molecule has 22 valence electrons. The maximum absolute atomic E-state index is 6.92. The zero-order chi connectivity index (χ0) is 2.00. The summed E-state index contributed by atoms with van der Waals surface area (Å²) in [4.78, 5) is 6.92. The molecule has 1 nitrogen and oxygen atoms in total. The second-order valence-corrected chi connectivity index (χ2v) is 0. The van der Waals surface area contributed by atoms with Crippen molar-refractivity contribution in [3.8, 4) is 0 Å². The van der Waals surface area contributed by atoms with E-state index in [9.17, 15) is 0 Å². The molecule has 0 saturated carbocycles. The molecule has 1 unspecified atom stereocenters. The molecule has 0 aliphatic heterocycles. The molecular weight excluding hydrogens is 111 g/mol. The monoisotopic (exact) mass is 118 g/mol.